The third kappa shape index (κ3) is 4.31. The zero-order valence-electron chi connectivity index (χ0n) is 11.2. The van der Waals surface area contributed by atoms with Gasteiger partial charge in [0.25, 0.3) is 0 Å². The zero-order valence-corrected chi connectivity index (χ0v) is 12.0. The molecule has 1 saturated carbocycles. The Morgan fingerprint density at radius 2 is 1.95 bits per heavy atom. The van der Waals surface area contributed by atoms with Crippen LogP contribution in [-0.2, 0) is 15.8 Å². The minimum absolute atomic E-state index is 0.0245. The third-order valence-corrected chi connectivity index (χ3v) is 4.89. The van der Waals surface area contributed by atoms with E-state index in [4.69, 9.17) is 5.11 Å². The topological polar surface area (TPSA) is 83.5 Å². The van der Waals surface area contributed by atoms with E-state index >= 15 is 0 Å². The molecule has 0 amide bonds. The molecule has 1 fully saturated rings. The van der Waals surface area contributed by atoms with E-state index in [1.54, 1.807) is 12.1 Å². The zero-order chi connectivity index (χ0) is 14.6. The van der Waals surface area contributed by atoms with Crippen LogP contribution in [0, 0.1) is 0 Å². The van der Waals surface area contributed by atoms with E-state index < -0.39 is 16.0 Å². The van der Waals surface area contributed by atoms with Crippen LogP contribution in [0.2, 0.25) is 0 Å². The second-order valence-electron chi connectivity index (χ2n) is 5.22. The van der Waals surface area contributed by atoms with E-state index in [0.29, 0.717) is 5.56 Å². The van der Waals surface area contributed by atoms with Crippen molar-refractivity contribution >= 4 is 16.0 Å². The molecule has 1 aromatic rings. The van der Waals surface area contributed by atoms with Crippen LogP contribution in [0.15, 0.2) is 24.3 Å². The minimum atomic E-state index is -3.42. The molecule has 20 heavy (non-hydrogen) atoms. The molecule has 2 rings (SSSR count). The molecule has 0 unspecified atom stereocenters. The molecule has 0 atom stereocenters. The molecule has 0 radical (unpaired) electrons. The number of hydrogen-bond donors (Lipinski definition) is 2. The highest BCUT2D eigenvalue weighted by Crippen LogP contribution is 2.19. The maximum absolute atomic E-state index is 12.1. The van der Waals surface area contributed by atoms with Crippen molar-refractivity contribution in [1.82, 2.24) is 4.72 Å². The van der Waals surface area contributed by atoms with E-state index in [-0.39, 0.29) is 17.4 Å². The molecule has 0 bridgehead atoms. The molecule has 1 aromatic carbocycles. The Morgan fingerprint density at radius 3 is 2.60 bits per heavy atom. The summed E-state index contributed by atoms with van der Waals surface area (Å²) in [5.41, 5.74) is 0.601. The summed E-state index contributed by atoms with van der Waals surface area (Å²) in [6.45, 7) is 0. The first-order valence-electron chi connectivity index (χ1n) is 6.78. The number of carbonyl (C=O) groups is 1. The van der Waals surface area contributed by atoms with Crippen molar-refractivity contribution < 1.29 is 18.3 Å². The smallest absolute Gasteiger partial charge is 0.335 e. The van der Waals surface area contributed by atoms with Crippen LogP contribution >= 0.6 is 0 Å². The Hall–Kier alpha value is -1.40. The minimum Gasteiger partial charge on any atom is -0.478 e. The Bertz CT molecular complexity index is 577. The van der Waals surface area contributed by atoms with E-state index in [2.05, 4.69) is 4.72 Å². The summed E-state index contributed by atoms with van der Waals surface area (Å²) in [5.74, 6) is -1.23. The van der Waals surface area contributed by atoms with Gasteiger partial charge in [0.15, 0.2) is 0 Å². The highest BCUT2D eigenvalue weighted by molar-refractivity contribution is 7.88. The predicted molar refractivity (Wildman–Crippen MR) is 76.0 cm³/mol. The van der Waals surface area contributed by atoms with Crippen LogP contribution in [0.25, 0.3) is 0 Å². The van der Waals surface area contributed by atoms with Crippen molar-refractivity contribution in [3.05, 3.63) is 35.4 Å². The van der Waals surface area contributed by atoms with Gasteiger partial charge in [-0.15, -0.1) is 0 Å². The summed E-state index contributed by atoms with van der Waals surface area (Å²) in [4.78, 5) is 10.9. The number of nitrogens with one attached hydrogen (secondary N) is 1. The lowest BCUT2D eigenvalue weighted by atomic mass is 9.96. The Balaban J connectivity index is 2.03. The van der Waals surface area contributed by atoms with E-state index in [9.17, 15) is 13.2 Å². The SMILES string of the molecule is O=C(O)c1cccc(CS(=O)(=O)NC2CCCCC2)c1. The number of sulfonamides is 1. The number of benzene rings is 1. The molecule has 0 saturated heterocycles. The van der Waals surface area contributed by atoms with E-state index in [1.807, 2.05) is 0 Å². The first-order chi connectivity index (χ1) is 9.46. The third-order valence-electron chi connectivity index (χ3n) is 3.48. The summed E-state index contributed by atoms with van der Waals surface area (Å²) in [6, 6.07) is 6.08. The van der Waals surface area contributed by atoms with E-state index in [1.165, 1.54) is 18.6 Å². The molecule has 1 aliphatic rings. The van der Waals surface area contributed by atoms with Crippen LogP contribution in [0.1, 0.15) is 48.0 Å². The largest absolute Gasteiger partial charge is 0.478 e. The molecule has 1 aliphatic carbocycles. The highest BCUT2D eigenvalue weighted by atomic mass is 32.2. The van der Waals surface area contributed by atoms with Crippen molar-refractivity contribution in [1.29, 1.82) is 0 Å². The number of aromatic carboxylic acids is 1. The fraction of sp³-hybridized carbons (Fsp3) is 0.500. The summed E-state index contributed by atoms with van der Waals surface area (Å²) >= 11 is 0. The normalized spacial score (nSPS) is 17.0. The van der Waals surface area contributed by atoms with Gasteiger partial charge in [0.05, 0.1) is 11.3 Å². The lowest BCUT2D eigenvalue weighted by molar-refractivity contribution is 0.0696. The van der Waals surface area contributed by atoms with Gasteiger partial charge < -0.3 is 5.11 Å². The molecular weight excluding hydrogens is 278 g/mol. The van der Waals surface area contributed by atoms with Crippen molar-refractivity contribution in [2.75, 3.05) is 0 Å². The fourth-order valence-electron chi connectivity index (χ4n) is 2.53. The molecular formula is C14H19NO4S. The highest BCUT2D eigenvalue weighted by Gasteiger charge is 2.20. The van der Waals surface area contributed by atoms with Crippen LogP contribution < -0.4 is 4.72 Å². The summed E-state index contributed by atoms with van der Waals surface area (Å²) in [6.07, 6.45) is 5.05. The van der Waals surface area contributed by atoms with Gasteiger partial charge in [0, 0.05) is 6.04 Å². The summed E-state index contributed by atoms with van der Waals surface area (Å²) < 4.78 is 26.9. The quantitative estimate of drug-likeness (QED) is 0.872. The lowest BCUT2D eigenvalue weighted by Gasteiger charge is -2.22. The van der Waals surface area contributed by atoms with Gasteiger partial charge in [-0.05, 0) is 30.5 Å². The Morgan fingerprint density at radius 1 is 1.25 bits per heavy atom. The van der Waals surface area contributed by atoms with Gasteiger partial charge in [0.1, 0.15) is 0 Å². The van der Waals surface area contributed by atoms with Gasteiger partial charge >= 0.3 is 5.97 Å². The molecule has 2 N–H and O–H groups in total. The van der Waals surface area contributed by atoms with Gasteiger partial charge in [0.2, 0.25) is 10.0 Å². The van der Waals surface area contributed by atoms with Crippen LogP contribution in [0.4, 0.5) is 0 Å². The predicted octanol–water partition coefficient (Wildman–Crippen LogP) is 2.14. The maximum atomic E-state index is 12.1. The second-order valence-corrected chi connectivity index (χ2v) is 6.97. The first kappa shape index (κ1) is 15.0. The molecule has 0 heterocycles. The van der Waals surface area contributed by atoms with Gasteiger partial charge in [-0.25, -0.2) is 17.9 Å². The van der Waals surface area contributed by atoms with Gasteiger partial charge in [-0.3, -0.25) is 0 Å². The van der Waals surface area contributed by atoms with Gasteiger partial charge in [-0.2, -0.15) is 0 Å². The van der Waals surface area contributed by atoms with Crippen LogP contribution in [-0.4, -0.2) is 25.5 Å². The first-order valence-corrected chi connectivity index (χ1v) is 8.44. The molecule has 5 nitrogen and oxygen atoms in total. The van der Waals surface area contributed by atoms with Gasteiger partial charge in [-0.1, -0.05) is 31.4 Å². The van der Waals surface area contributed by atoms with Crippen molar-refractivity contribution in [2.24, 2.45) is 0 Å². The number of carboxylic acid groups (broad SMARTS) is 1. The average molecular weight is 297 g/mol. The maximum Gasteiger partial charge on any atom is 0.335 e. The molecule has 6 heteroatoms. The molecule has 110 valence electrons. The van der Waals surface area contributed by atoms with E-state index in [0.717, 1.165) is 25.7 Å². The molecule has 0 spiro atoms. The summed E-state index contributed by atoms with van der Waals surface area (Å²) in [7, 11) is -3.42. The van der Waals surface area contributed by atoms with Crippen LogP contribution in [0.5, 0.6) is 0 Å². The lowest BCUT2D eigenvalue weighted by Crippen LogP contribution is -2.36. The molecule has 0 aromatic heterocycles. The van der Waals surface area contributed by atoms with Crippen molar-refractivity contribution in [3.63, 3.8) is 0 Å². The van der Waals surface area contributed by atoms with Crippen molar-refractivity contribution in [3.8, 4) is 0 Å². The Labute approximate surface area is 119 Å². The average Bonchev–Trinajstić information content (AvgIpc) is 2.39. The number of carboxylic acids is 1. The second kappa shape index (κ2) is 6.37. The van der Waals surface area contributed by atoms with Crippen LogP contribution in [0.3, 0.4) is 0 Å². The molecule has 0 aliphatic heterocycles. The number of rotatable bonds is 5. The monoisotopic (exact) mass is 297 g/mol. The van der Waals surface area contributed by atoms with Crippen molar-refractivity contribution in [2.45, 2.75) is 43.9 Å². The fourth-order valence-corrected chi connectivity index (χ4v) is 3.97. The number of hydrogen-bond acceptors (Lipinski definition) is 3. The summed E-state index contributed by atoms with van der Waals surface area (Å²) in [5, 5.41) is 8.90. The standard InChI is InChI=1S/C14H19NO4S/c16-14(17)12-6-4-5-11(9-12)10-20(18,19)15-13-7-2-1-3-8-13/h4-6,9,13,15H,1-3,7-8,10H2,(H,16,17). The Kier molecular flexibility index (Phi) is 4.77.